The van der Waals surface area contributed by atoms with Gasteiger partial charge in [0.1, 0.15) is 5.52 Å². The van der Waals surface area contributed by atoms with Crippen LogP contribution in [0.4, 0.5) is 26.4 Å². The molecule has 0 radical (unpaired) electrons. The number of hydrogen-bond donors (Lipinski definition) is 3. The molecule has 8 nitrogen and oxygen atoms in total. The van der Waals surface area contributed by atoms with Crippen molar-refractivity contribution >= 4 is 69.5 Å². The number of benzene rings is 1. The predicted molar refractivity (Wildman–Crippen MR) is 136 cm³/mol. The van der Waals surface area contributed by atoms with Crippen molar-refractivity contribution in [2.24, 2.45) is 11.1 Å². The van der Waals surface area contributed by atoms with Crippen LogP contribution in [0.5, 0.6) is 0 Å². The van der Waals surface area contributed by atoms with Crippen molar-refractivity contribution in [2.75, 3.05) is 10.6 Å². The van der Waals surface area contributed by atoms with Crippen LogP contribution in [-0.4, -0.2) is 37.4 Å². The van der Waals surface area contributed by atoms with Gasteiger partial charge in [0, 0.05) is 30.5 Å². The normalized spacial score (nSPS) is 19.1. The number of anilines is 3. The highest BCUT2D eigenvalue weighted by Crippen LogP contribution is 2.42. The summed E-state index contributed by atoms with van der Waals surface area (Å²) < 4.78 is 28.4. The van der Waals surface area contributed by atoms with E-state index in [1.807, 2.05) is 0 Å². The molecule has 0 unspecified atom stereocenters. The Labute approximate surface area is 220 Å². The van der Waals surface area contributed by atoms with E-state index in [1.165, 1.54) is 6.20 Å². The number of halogens is 5. The molecule has 4 N–H and O–H groups in total. The first kappa shape index (κ1) is 25.2. The minimum atomic E-state index is -2.67. The fourth-order valence-electron chi connectivity index (χ4n) is 4.97. The molecule has 1 amide bonds. The Morgan fingerprint density at radius 1 is 1.11 bits per heavy atom. The standard InChI is InChI=1S/C23H24Cl3F2N7O/c24-12-6-14(25)17(15(26)7-12)33-21-32-16-10-30-20(31-13-8-23(27,28)9-13)34-18(16)35(21)11-22(19(29)36)4-2-1-3-5-22/h6-7,10,13H,1-5,8-9,11H2,(H2,29,36)(H,32,33)(H,30,31,34). The van der Waals surface area contributed by atoms with E-state index in [-0.39, 0.29) is 41.3 Å². The number of aromatic nitrogens is 4. The van der Waals surface area contributed by atoms with E-state index in [4.69, 9.17) is 40.5 Å². The van der Waals surface area contributed by atoms with E-state index in [1.54, 1.807) is 16.7 Å². The Balaban J connectivity index is 1.56. The summed E-state index contributed by atoms with van der Waals surface area (Å²) in [7, 11) is 0. The molecule has 1 aromatic carbocycles. The topological polar surface area (TPSA) is 111 Å². The molecule has 2 aliphatic rings. The second-order valence-corrected chi connectivity index (χ2v) is 10.9. The summed E-state index contributed by atoms with van der Waals surface area (Å²) in [6.45, 7) is 0.224. The average Bonchev–Trinajstić information content (AvgIpc) is 3.12. The molecule has 2 fully saturated rings. The molecule has 36 heavy (non-hydrogen) atoms. The van der Waals surface area contributed by atoms with Gasteiger partial charge < -0.3 is 16.4 Å². The molecule has 5 rings (SSSR count). The highest BCUT2D eigenvalue weighted by molar-refractivity contribution is 6.41. The molecule has 0 bridgehead atoms. The van der Waals surface area contributed by atoms with E-state index in [0.29, 0.717) is 40.7 Å². The van der Waals surface area contributed by atoms with Gasteiger partial charge in [-0.15, -0.1) is 0 Å². The van der Waals surface area contributed by atoms with Gasteiger partial charge in [0.15, 0.2) is 5.65 Å². The van der Waals surface area contributed by atoms with Crippen LogP contribution in [0.15, 0.2) is 18.3 Å². The van der Waals surface area contributed by atoms with Crippen molar-refractivity contribution in [3.63, 3.8) is 0 Å². The van der Waals surface area contributed by atoms with Gasteiger partial charge >= 0.3 is 0 Å². The molecule has 2 saturated carbocycles. The summed E-state index contributed by atoms with van der Waals surface area (Å²) in [5, 5.41) is 7.06. The molecule has 2 aromatic heterocycles. The molecule has 0 aliphatic heterocycles. The molecule has 3 aromatic rings. The van der Waals surface area contributed by atoms with Crippen LogP contribution in [0.2, 0.25) is 15.1 Å². The fourth-order valence-corrected chi connectivity index (χ4v) is 5.88. The second-order valence-electron chi connectivity index (χ2n) is 9.60. The van der Waals surface area contributed by atoms with Crippen LogP contribution in [0, 0.1) is 5.41 Å². The maximum atomic E-state index is 13.3. The third-order valence-electron chi connectivity index (χ3n) is 6.95. The highest BCUT2D eigenvalue weighted by Gasteiger charge is 2.45. The van der Waals surface area contributed by atoms with Crippen molar-refractivity contribution in [2.45, 2.75) is 63.5 Å². The monoisotopic (exact) mass is 557 g/mol. The fraction of sp³-hybridized carbons (Fsp3) is 0.478. The highest BCUT2D eigenvalue weighted by atomic mass is 35.5. The van der Waals surface area contributed by atoms with Gasteiger partial charge in [-0.25, -0.2) is 18.7 Å². The van der Waals surface area contributed by atoms with Crippen LogP contribution >= 0.6 is 34.8 Å². The number of rotatable bonds is 7. The number of carbonyl (C=O) groups excluding carboxylic acids is 1. The summed E-state index contributed by atoms with van der Waals surface area (Å²) >= 11 is 18.8. The van der Waals surface area contributed by atoms with Crippen LogP contribution in [-0.2, 0) is 11.3 Å². The number of alkyl halides is 2. The summed E-state index contributed by atoms with van der Waals surface area (Å²) in [6.07, 6.45) is 5.01. The molecule has 192 valence electrons. The van der Waals surface area contributed by atoms with Crippen molar-refractivity contribution in [3.8, 4) is 0 Å². The Morgan fingerprint density at radius 3 is 2.39 bits per heavy atom. The molecular formula is C23H24Cl3F2N7O. The van der Waals surface area contributed by atoms with E-state index in [2.05, 4.69) is 25.6 Å². The van der Waals surface area contributed by atoms with Crippen molar-refractivity contribution in [3.05, 3.63) is 33.4 Å². The lowest BCUT2D eigenvalue weighted by Crippen LogP contribution is -2.44. The van der Waals surface area contributed by atoms with Gasteiger partial charge in [0.2, 0.25) is 17.8 Å². The minimum Gasteiger partial charge on any atom is -0.369 e. The van der Waals surface area contributed by atoms with E-state index in [9.17, 15) is 13.6 Å². The maximum Gasteiger partial charge on any atom is 0.252 e. The third kappa shape index (κ3) is 4.90. The van der Waals surface area contributed by atoms with E-state index in [0.717, 1.165) is 19.3 Å². The number of nitrogens with one attached hydrogen (secondary N) is 2. The SMILES string of the molecule is NC(=O)C1(Cn2c(Nc3c(Cl)cc(Cl)cc3Cl)nc3cnc(NC4CC(F)(F)C4)nc32)CCCCC1. The molecule has 0 saturated heterocycles. The third-order valence-corrected chi connectivity index (χ3v) is 7.76. The molecule has 2 heterocycles. The molecule has 0 spiro atoms. The lowest BCUT2D eigenvalue weighted by molar-refractivity contribution is -0.130. The van der Waals surface area contributed by atoms with Gasteiger partial charge in [-0.1, -0.05) is 54.1 Å². The zero-order valence-corrected chi connectivity index (χ0v) is 21.4. The number of hydrogen-bond acceptors (Lipinski definition) is 6. The Kier molecular flexibility index (Phi) is 6.63. The summed E-state index contributed by atoms with van der Waals surface area (Å²) in [5.41, 5.74) is 6.38. The molecule has 13 heteroatoms. The first-order valence-electron chi connectivity index (χ1n) is 11.6. The Bertz CT molecular complexity index is 1300. The number of imidazole rings is 1. The van der Waals surface area contributed by atoms with Crippen molar-refractivity contribution in [1.29, 1.82) is 0 Å². The van der Waals surface area contributed by atoms with Crippen LogP contribution < -0.4 is 16.4 Å². The van der Waals surface area contributed by atoms with E-state index >= 15 is 0 Å². The number of primary amides is 1. The zero-order chi connectivity index (χ0) is 25.7. The predicted octanol–water partition coefficient (Wildman–Crippen LogP) is 6.18. The summed E-state index contributed by atoms with van der Waals surface area (Å²) in [5.74, 6) is -2.52. The minimum absolute atomic E-state index is 0.204. The number of fused-ring (bicyclic) bond motifs is 1. The largest absolute Gasteiger partial charge is 0.369 e. The van der Waals surface area contributed by atoms with Crippen LogP contribution in [0.25, 0.3) is 11.2 Å². The van der Waals surface area contributed by atoms with Crippen molar-refractivity contribution < 1.29 is 13.6 Å². The molecular weight excluding hydrogens is 535 g/mol. The van der Waals surface area contributed by atoms with Gasteiger partial charge in [-0.3, -0.25) is 9.36 Å². The smallest absolute Gasteiger partial charge is 0.252 e. The number of amides is 1. The first-order valence-corrected chi connectivity index (χ1v) is 12.8. The summed E-state index contributed by atoms with van der Waals surface area (Å²) in [4.78, 5) is 26.1. The Hall–Kier alpha value is -2.43. The summed E-state index contributed by atoms with van der Waals surface area (Å²) in [6, 6.07) is 2.67. The van der Waals surface area contributed by atoms with Crippen molar-refractivity contribution in [1.82, 2.24) is 19.5 Å². The lowest BCUT2D eigenvalue weighted by Gasteiger charge is -2.35. The molecule has 2 aliphatic carbocycles. The lowest BCUT2D eigenvalue weighted by atomic mass is 9.73. The van der Waals surface area contributed by atoms with Gasteiger partial charge in [-0.2, -0.15) is 4.98 Å². The van der Waals surface area contributed by atoms with Crippen LogP contribution in [0.3, 0.4) is 0 Å². The second kappa shape index (κ2) is 9.46. The number of carbonyl (C=O) groups is 1. The molecule has 0 atom stereocenters. The Morgan fingerprint density at radius 2 is 1.78 bits per heavy atom. The number of nitrogens with two attached hydrogens (primary N) is 1. The zero-order valence-electron chi connectivity index (χ0n) is 19.1. The van der Waals surface area contributed by atoms with Gasteiger partial charge in [0.05, 0.1) is 27.3 Å². The van der Waals surface area contributed by atoms with Gasteiger partial charge in [0.25, 0.3) is 5.92 Å². The maximum absolute atomic E-state index is 13.3. The number of nitrogens with zero attached hydrogens (tertiary/aromatic N) is 4. The van der Waals surface area contributed by atoms with Crippen LogP contribution in [0.1, 0.15) is 44.9 Å². The first-order chi connectivity index (χ1) is 17.1. The quantitative estimate of drug-likeness (QED) is 0.320. The van der Waals surface area contributed by atoms with Gasteiger partial charge in [-0.05, 0) is 25.0 Å². The van der Waals surface area contributed by atoms with E-state index < -0.39 is 17.4 Å². The average molecular weight is 559 g/mol.